The van der Waals surface area contributed by atoms with Crippen LogP contribution in [0.5, 0.6) is 0 Å². The predicted octanol–water partition coefficient (Wildman–Crippen LogP) is 0.668. The van der Waals surface area contributed by atoms with Crippen LogP contribution in [0.4, 0.5) is 0 Å². The number of sulfonamides is 1. The van der Waals surface area contributed by atoms with E-state index in [2.05, 4.69) is 15.0 Å². The van der Waals surface area contributed by atoms with Crippen LogP contribution in [0, 0.1) is 12.8 Å². The fourth-order valence-electron chi connectivity index (χ4n) is 2.06. The summed E-state index contributed by atoms with van der Waals surface area (Å²) in [5.41, 5.74) is 0.893. The molecule has 1 aromatic rings. The third-order valence-corrected chi connectivity index (χ3v) is 4.45. The highest BCUT2D eigenvalue weighted by molar-refractivity contribution is 7.89. The second-order valence-electron chi connectivity index (χ2n) is 4.74. The van der Waals surface area contributed by atoms with E-state index in [0.29, 0.717) is 12.5 Å². The summed E-state index contributed by atoms with van der Waals surface area (Å²) in [5.74, 6) is 0.373. The maximum atomic E-state index is 12.0. The van der Waals surface area contributed by atoms with Crippen LogP contribution in [-0.2, 0) is 10.0 Å². The van der Waals surface area contributed by atoms with Gasteiger partial charge in [-0.05, 0) is 56.5 Å². The zero-order chi connectivity index (χ0) is 13.0. The molecule has 1 atom stereocenters. The maximum Gasteiger partial charge on any atom is 0.258 e. The van der Waals surface area contributed by atoms with Gasteiger partial charge < -0.3 is 5.32 Å². The average Bonchev–Trinajstić information content (AvgIpc) is 2.38. The molecule has 0 spiro atoms. The van der Waals surface area contributed by atoms with Crippen molar-refractivity contribution in [2.45, 2.75) is 24.8 Å². The molecule has 0 saturated carbocycles. The Kier molecular flexibility index (Phi) is 4.31. The van der Waals surface area contributed by atoms with E-state index in [1.54, 1.807) is 12.1 Å². The second-order valence-corrected chi connectivity index (χ2v) is 6.45. The summed E-state index contributed by atoms with van der Waals surface area (Å²) in [7, 11) is -3.47. The Hall–Kier alpha value is -0.980. The highest BCUT2D eigenvalue weighted by atomic mass is 32.2. The molecule has 1 aliphatic heterocycles. The molecule has 0 aromatic carbocycles. The lowest BCUT2D eigenvalue weighted by Gasteiger charge is -2.22. The Morgan fingerprint density at radius 1 is 1.56 bits per heavy atom. The van der Waals surface area contributed by atoms with Crippen LogP contribution < -0.4 is 10.0 Å². The average molecular weight is 269 g/mol. The van der Waals surface area contributed by atoms with Crippen molar-refractivity contribution >= 4 is 10.0 Å². The molecule has 0 aliphatic carbocycles. The third kappa shape index (κ3) is 3.51. The maximum absolute atomic E-state index is 12.0. The minimum Gasteiger partial charge on any atom is -0.316 e. The van der Waals surface area contributed by atoms with Gasteiger partial charge in [0.15, 0.2) is 5.03 Å². The van der Waals surface area contributed by atoms with E-state index in [9.17, 15) is 8.42 Å². The third-order valence-electron chi connectivity index (χ3n) is 3.13. The normalized spacial score (nSPS) is 20.8. The van der Waals surface area contributed by atoms with Crippen molar-refractivity contribution in [2.75, 3.05) is 19.6 Å². The van der Waals surface area contributed by atoms with E-state index >= 15 is 0 Å². The van der Waals surface area contributed by atoms with Gasteiger partial charge in [-0.1, -0.05) is 0 Å². The second kappa shape index (κ2) is 5.77. The number of nitrogens with one attached hydrogen (secondary N) is 2. The van der Waals surface area contributed by atoms with E-state index < -0.39 is 10.0 Å². The van der Waals surface area contributed by atoms with Gasteiger partial charge >= 0.3 is 0 Å². The van der Waals surface area contributed by atoms with Gasteiger partial charge in [0.1, 0.15) is 0 Å². The first kappa shape index (κ1) is 13.5. The highest BCUT2D eigenvalue weighted by Gasteiger charge is 2.19. The highest BCUT2D eigenvalue weighted by Crippen LogP contribution is 2.11. The van der Waals surface area contributed by atoms with Gasteiger partial charge in [0, 0.05) is 12.7 Å². The molecule has 1 saturated heterocycles. The fraction of sp³-hybridized carbons (Fsp3) is 0.583. The summed E-state index contributed by atoms with van der Waals surface area (Å²) < 4.78 is 26.7. The van der Waals surface area contributed by atoms with Crippen LogP contribution in [-0.4, -0.2) is 33.0 Å². The summed E-state index contributed by atoms with van der Waals surface area (Å²) in [4.78, 5) is 3.91. The Morgan fingerprint density at radius 2 is 2.39 bits per heavy atom. The Bertz CT molecular complexity index is 496. The van der Waals surface area contributed by atoms with Gasteiger partial charge in [0.05, 0.1) is 0 Å². The van der Waals surface area contributed by atoms with Crippen molar-refractivity contribution in [3.63, 3.8) is 0 Å². The summed E-state index contributed by atoms with van der Waals surface area (Å²) >= 11 is 0. The zero-order valence-corrected chi connectivity index (χ0v) is 11.3. The molecule has 6 heteroatoms. The Morgan fingerprint density at radius 3 is 3.06 bits per heavy atom. The molecule has 0 radical (unpaired) electrons. The quantitative estimate of drug-likeness (QED) is 0.842. The van der Waals surface area contributed by atoms with Crippen LogP contribution in [0.25, 0.3) is 0 Å². The standard InChI is InChI=1S/C12H19N3O2S/c1-10-4-6-14-12(7-10)18(16,17)15-9-11-3-2-5-13-8-11/h4,6-7,11,13,15H,2-3,5,8-9H2,1H3. The number of piperidine rings is 1. The molecule has 18 heavy (non-hydrogen) atoms. The molecule has 100 valence electrons. The lowest BCUT2D eigenvalue weighted by Crippen LogP contribution is -2.38. The largest absolute Gasteiger partial charge is 0.316 e. The van der Waals surface area contributed by atoms with Crippen molar-refractivity contribution in [3.8, 4) is 0 Å². The molecular formula is C12H19N3O2S. The van der Waals surface area contributed by atoms with Crippen molar-refractivity contribution in [1.82, 2.24) is 15.0 Å². The van der Waals surface area contributed by atoms with Gasteiger partial charge in [-0.2, -0.15) is 0 Å². The first-order chi connectivity index (χ1) is 8.58. The summed E-state index contributed by atoms with van der Waals surface area (Å²) in [6.45, 7) is 4.24. The topological polar surface area (TPSA) is 71.1 Å². The minimum atomic E-state index is -3.47. The predicted molar refractivity (Wildman–Crippen MR) is 69.8 cm³/mol. The molecule has 2 rings (SSSR count). The molecule has 1 aliphatic rings. The number of aromatic nitrogens is 1. The van der Waals surface area contributed by atoms with E-state index in [1.807, 2.05) is 6.92 Å². The van der Waals surface area contributed by atoms with E-state index in [1.165, 1.54) is 6.20 Å². The molecule has 1 aromatic heterocycles. The Labute approximate surface area is 108 Å². The van der Waals surface area contributed by atoms with E-state index in [4.69, 9.17) is 0 Å². The molecule has 2 heterocycles. The van der Waals surface area contributed by atoms with Crippen LogP contribution in [0.15, 0.2) is 23.4 Å². The summed E-state index contributed by atoms with van der Waals surface area (Å²) in [6.07, 6.45) is 3.69. The smallest absolute Gasteiger partial charge is 0.258 e. The first-order valence-electron chi connectivity index (χ1n) is 6.21. The molecule has 0 amide bonds. The lowest BCUT2D eigenvalue weighted by atomic mass is 10.0. The van der Waals surface area contributed by atoms with Crippen LogP contribution >= 0.6 is 0 Å². The molecule has 2 N–H and O–H groups in total. The van der Waals surface area contributed by atoms with Crippen LogP contribution in [0.2, 0.25) is 0 Å². The van der Waals surface area contributed by atoms with Gasteiger partial charge in [-0.15, -0.1) is 0 Å². The fourth-order valence-corrected chi connectivity index (χ4v) is 3.20. The molecule has 1 unspecified atom stereocenters. The van der Waals surface area contributed by atoms with Crippen LogP contribution in [0.3, 0.4) is 0 Å². The molecule has 5 nitrogen and oxygen atoms in total. The van der Waals surface area contributed by atoms with Gasteiger partial charge in [-0.3, -0.25) is 0 Å². The van der Waals surface area contributed by atoms with Gasteiger partial charge in [-0.25, -0.2) is 18.1 Å². The van der Waals surface area contributed by atoms with E-state index in [0.717, 1.165) is 31.5 Å². The monoisotopic (exact) mass is 269 g/mol. The number of hydrogen-bond donors (Lipinski definition) is 2. The van der Waals surface area contributed by atoms with Gasteiger partial charge in [0.2, 0.25) is 0 Å². The van der Waals surface area contributed by atoms with Crippen molar-refractivity contribution in [1.29, 1.82) is 0 Å². The lowest BCUT2D eigenvalue weighted by molar-refractivity contribution is 0.375. The first-order valence-corrected chi connectivity index (χ1v) is 7.69. The number of nitrogens with zero attached hydrogens (tertiary/aromatic N) is 1. The zero-order valence-electron chi connectivity index (χ0n) is 10.5. The van der Waals surface area contributed by atoms with Crippen molar-refractivity contribution < 1.29 is 8.42 Å². The number of rotatable bonds is 4. The van der Waals surface area contributed by atoms with E-state index in [-0.39, 0.29) is 5.03 Å². The van der Waals surface area contributed by atoms with Crippen molar-refractivity contribution in [3.05, 3.63) is 23.9 Å². The van der Waals surface area contributed by atoms with Crippen LogP contribution in [0.1, 0.15) is 18.4 Å². The number of aryl methyl sites for hydroxylation is 1. The molecular weight excluding hydrogens is 250 g/mol. The number of pyridine rings is 1. The molecule has 0 bridgehead atoms. The SMILES string of the molecule is Cc1ccnc(S(=O)(=O)NCC2CCCNC2)c1. The molecule has 1 fully saturated rings. The van der Waals surface area contributed by atoms with Crippen molar-refractivity contribution in [2.24, 2.45) is 5.92 Å². The minimum absolute atomic E-state index is 0.103. The van der Waals surface area contributed by atoms with Gasteiger partial charge in [0.25, 0.3) is 10.0 Å². The summed E-state index contributed by atoms with van der Waals surface area (Å²) in [6, 6.07) is 3.37. The Balaban J connectivity index is 1.98. The summed E-state index contributed by atoms with van der Waals surface area (Å²) in [5, 5.41) is 3.37. The number of hydrogen-bond acceptors (Lipinski definition) is 4.